The molecule has 0 aliphatic carbocycles. The monoisotopic (exact) mass is 173 g/mol. The zero-order chi connectivity index (χ0) is 8.97. The van der Waals surface area contributed by atoms with Crippen LogP contribution in [0.4, 0.5) is 0 Å². The van der Waals surface area contributed by atoms with Crippen LogP contribution in [0.25, 0.3) is 0 Å². The molecule has 0 radical (unpaired) electrons. The van der Waals surface area contributed by atoms with Gasteiger partial charge in [-0.15, -0.1) is 0 Å². The Bertz CT molecular complexity index is 122. The Morgan fingerprint density at radius 1 is 1.50 bits per heavy atom. The highest BCUT2D eigenvalue weighted by Gasteiger charge is 2.23. The predicted octanol–water partition coefficient (Wildman–Crippen LogP) is 0.683. The fraction of sp³-hybridized carbons (Fsp3) is 1.00. The summed E-state index contributed by atoms with van der Waals surface area (Å²) in [6.07, 6.45) is 1.57. The average molecular weight is 173 g/mol. The first kappa shape index (κ1) is 9.96. The van der Waals surface area contributed by atoms with Crippen molar-refractivity contribution in [2.45, 2.75) is 26.1 Å². The van der Waals surface area contributed by atoms with E-state index in [-0.39, 0.29) is 0 Å². The van der Waals surface area contributed by atoms with Gasteiger partial charge < -0.3 is 14.7 Å². The molecule has 1 saturated heterocycles. The molecular weight excluding hydrogens is 154 g/mol. The number of aliphatic hydroxyl groups is 1. The summed E-state index contributed by atoms with van der Waals surface area (Å²) in [5.74, 6) is 0.348. The molecule has 0 aromatic carbocycles. The van der Waals surface area contributed by atoms with Crippen molar-refractivity contribution < 1.29 is 9.84 Å². The average Bonchev–Trinajstić information content (AvgIpc) is 2.06. The van der Waals surface area contributed by atoms with Crippen LogP contribution in [0.3, 0.4) is 0 Å². The summed E-state index contributed by atoms with van der Waals surface area (Å²) in [5, 5.41) is 9.52. The second-order valence-corrected chi connectivity index (χ2v) is 3.49. The molecule has 0 amide bonds. The van der Waals surface area contributed by atoms with Gasteiger partial charge >= 0.3 is 0 Å². The van der Waals surface area contributed by atoms with E-state index in [1.54, 1.807) is 0 Å². The van der Waals surface area contributed by atoms with E-state index in [0.29, 0.717) is 12.5 Å². The van der Waals surface area contributed by atoms with Gasteiger partial charge in [-0.2, -0.15) is 0 Å². The van der Waals surface area contributed by atoms with Crippen molar-refractivity contribution in [2.24, 2.45) is 5.92 Å². The van der Waals surface area contributed by atoms with Crippen molar-refractivity contribution >= 4 is 0 Å². The van der Waals surface area contributed by atoms with Crippen LogP contribution in [0, 0.1) is 5.92 Å². The molecule has 0 spiro atoms. The van der Waals surface area contributed by atoms with Crippen LogP contribution in [0.1, 0.15) is 19.8 Å². The molecule has 0 aromatic heterocycles. The first-order valence-electron chi connectivity index (χ1n) is 4.72. The van der Waals surface area contributed by atoms with E-state index in [1.165, 1.54) is 0 Å². The summed E-state index contributed by atoms with van der Waals surface area (Å²) < 4.78 is 5.15. The Hall–Kier alpha value is -0.120. The van der Waals surface area contributed by atoms with Crippen LogP contribution < -0.4 is 0 Å². The fourth-order valence-corrected chi connectivity index (χ4v) is 1.62. The summed E-state index contributed by atoms with van der Waals surface area (Å²) in [6.45, 7) is 4.68. The van der Waals surface area contributed by atoms with Crippen LogP contribution in [0.2, 0.25) is 0 Å². The number of aliphatic hydroxyl groups excluding tert-OH is 1. The van der Waals surface area contributed by atoms with Gasteiger partial charge in [-0.05, 0) is 39.9 Å². The molecule has 1 atom stereocenters. The zero-order valence-electron chi connectivity index (χ0n) is 7.99. The summed E-state index contributed by atoms with van der Waals surface area (Å²) in [7, 11) is 2.11. The van der Waals surface area contributed by atoms with Crippen molar-refractivity contribution in [3.63, 3.8) is 0 Å². The second-order valence-electron chi connectivity index (χ2n) is 3.49. The number of hydrogen-bond donors (Lipinski definition) is 1. The molecule has 1 fully saturated rings. The number of nitrogens with zero attached hydrogens (tertiary/aromatic N) is 1. The van der Waals surface area contributed by atoms with Gasteiger partial charge in [0.15, 0.2) is 6.29 Å². The first-order chi connectivity index (χ1) is 5.74. The van der Waals surface area contributed by atoms with Gasteiger partial charge in [-0.25, -0.2) is 0 Å². The normalized spacial score (nSPS) is 24.2. The third-order valence-corrected chi connectivity index (χ3v) is 2.50. The summed E-state index contributed by atoms with van der Waals surface area (Å²) in [4.78, 5) is 2.29. The lowest BCUT2D eigenvalue weighted by atomic mass is 9.97. The van der Waals surface area contributed by atoms with E-state index in [2.05, 4.69) is 11.9 Å². The van der Waals surface area contributed by atoms with E-state index < -0.39 is 6.29 Å². The topological polar surface area (TPSA) is 32.7 Å². The van der Waals surface area contributed by atoms with Crippen molar-refractivity contribution in [3.8, 4) is 0 Å². The number of ether oxygens (including phenoxy) is 1. The first-order valence-corrected chi connectivity index (χ1v) is 4.72. The Kier molecular flexibility index (Phi) is 3.98. The fourth-order valence-electron chi connectivity index (χ4n) is 1.62. The van der Waals surface area contributed by atoms with E-state index in [1.807, 2.05) is 6.92 Å². The molecule has 1 aliphatic heterocycles. The van der Waals surface area contributed by atoms with Gasteiger partial charge in [-0.3, -0.25) is 0 Å². The van der Waals surface area contributed by atoms with E-state index in [4.69, 9.17) is 4.74 Å². The van der Waals surface area contributed by atoms with E-state index in [9.17, 15) is 5.11 Å². The van der Waals surface area contributed by atoms with Crippen molar-refractivity contribution in [1.29, 1.82) is 0 Å². The van der Waals surface area contributed by atoms with Crippen LogP contribution in [0.5, 0.6) is 0 Å². The highest BCUT2D eigenvalue weighted by Crippen LogP contribution is 2.20. The lowest BCUT2D eigenvalue weighted by Gasteiger charge is -2.31. The van der Waals surface area contributed by atoms with Crippen molar-refractivity contribution in [1.82, 2.24) is 4.90 Å². The highest BCUT2D eigenvalue weighted by molar-refractivity contribution is 4.71. The maximum atomic E-state index is 9.52. The van der Waals surface area contributed by atoms with Crippen LogP contribution >= 0.6 is 0 Å². The van der Waals surface area contributed by atoms with Gasteiger partial charge in [0.2, 0.25) is 0 Å². The predicted molar refractivity (Wildman–Crippen MR) is 47.9 cm³/mol. The zero-order valence-corrected chi connectivity index (χ0v) is 7.99. The smallest absolute Gasteiger partial charge is 0.157 e. The lowest BCUT2D eigenvalue weighted by Crippen LogP contribution is -2.36. The SMILES string of the molecule is CCOC(O)C1CCN(C)CC1. The van der Waals surface area contributed by atoms with Gasteiger partial charge in [0, 0.05) is 12.5 Å². The molecule has 12 heavy (non-hydrogen) atoms. The molecule has 1 aliphatic rings. The molecule has 3 heteroatoms. The Labute approximate surface area is 74.3 Å². The van der Waals surface area contributed by atoms with Gasteiger partial charge in [-0.1, -0.05) is 0 Å². The third kappa shape index (κ3) is 2.73. The lowest BCUT2D eigenvalue weighted by molar-refractivity contribution is -0.139. The summed E-state index contributed by atoms with van der Waals surface area (Å²) in [6, 6.07) is 0. The third-order valence-electron chi connectivity index (χ3n) is 2.50. The van der Waals surface area contributed by atoms with Crippen LogP contribution in [-0.4, -0.2) is 43.0 Å². The maximum absolute atomic E-state index is 9.52. The molecule has 0 aromatic rings. The summed E-state index contributed by atoms with van der Waals surface area (Å²) >= 11 is 0. The van der Waals surface area contributed by atoms with Gasteiger partial charge in [0.05, 0.1) is 0 Å². The molecule has 0 saturated carbocycles. The Morgan fingerprint density at radius 3 is 2.58 bits per heavy atom. The van der Waals surface area contributed by atoms with Crippen molar-refractivity contribution in [3.05, 3.63) is 0 Å². The minimum Gasteiger partial charge on any atom is -0.368 e. The van der Waals surface area contributed by atoms with Crippen LogP contribution in [0.15, 0.2) is 0 Å². The molecule has 0 bridgehead atoms. The largest absolute Gasteiger partial charge is 0.368 e. The molecule has 72 valence electrons. The van der Waals surface area contributed by atoms with Gasteiger partial charge in [0.25, 0.3) is 0 Å². The molecule has 3 nitrogen and oxygen atoms in total. The quantitative estimate of drug-likeness (QED) is 0.637. The van der Waals surface area contributed by atoms with Crippen molar-refractivity contribution in [2.75, 3.05) is 26.7 Å². The maximum Gasteiger partial charge on any atom is 0.157 e. The molecule has 1 heterocycles. The molecule has 1 rings (SSSR count). The minimum atomic E-state index is -0.538. The van der Waals surface area contributed by atoms with E-state index in [0.717, 1.165) is 25.9 Å². The number of rotatable bonds is 3. The number of likely N-dealkylation sites (tertiary alicyclic amines) is 1. The summed E-state index contributed by atoms with van der Waals surface area (Å²) in [5.41, 5.74) is 0. The van der Waals surface area contributed by atoms with Crippen LogP contribution in [-0.2, 0) is 4.74 Å². The highest BCUT2D eigenvalue weighted by atomic mass is 16.6. The number of hydrogen-bond acceptors (Lipinski definition) is 3. The Morgan fingerprint density at radius 2 is 2.08 bits per heavy atom. The standard InChI is InChI=1S/C9H19NO2/c1-3-12-9(11)8-4-6-10(2)7-5-8/h8-9,11H,3-7H2,1-2H3. The second kappa shape index (κ2) is 4.80. The Balaban J connectivity index is 2.24. The van der Waals surface area contributed by atoms with Gasteiger partial charge in [0.1, 0.15) is 0 Å². The molecule has 1 N–H and O–H groups in total. The minimum absolute atomic E-state index is 0.348. The molecule has 1 unspecified atom stereocenters. The number of piperidine rings is 1. The van der Waals surface area contributed by atoms with E-state index >= 15 is 0 Å². The molecular formula is C9H19NO2.